The lowest BCUT2D eigenvalue weighted by molar-refractivity contribution is -0.0506. The molecule has 4 atom stereocenters. The number of nitrogens with one attached hydrogen (secondary N) is 2. The first-order chi connectivity index (χ1) is 11.6. The van der Waals surface area contributed by atoms with Crippen molar-refractivity contribution < 1.29 is 23.0 Å². The van der Waals surface area contributed by atoms with Gasteiger partial charge in [0, 0.05) is 5.56 Å². The summed E-state index contributed by atoms with van der Waals surface area (Å²) >= 11 is 0. The summed E-state index contributed by atoms with van der Waals surface area (Å²) in [5, 5.41) is 5.79. The van der Waals surface area contributed by atoms with Crippen LogP contribution in [0.4, 0.5) is 13.6 Å². The van der Waals surface area contributed by atoms with Crippen LogP contribution in [0.15, 0.2) is 24.3 Å². The molecule has 0 saturated carbocycles. The Hall–Kier alpha value is -1.89. The maximum atomic E-state index is 12.6. The fraction of sp³-hybridized carbons (Fsp3) is 0.588. The van der Waals surface area contributed by atoms with Crippen molar-refractivity contribution in [3.05, 3.63) is 29.8 Å². The number of fused-ring (bicyclic) bond motifs is 2. The molecule has 2 saturated heterocycles. The number of rotatable bonds is 6. The molecule has 0 aromatic heterocycles. The molecule has 132 valence electrons. The number of carbonyl (C=O) groups is 1. The minimum absolute atomic E-state index is 0.0220. The number of halogens is 2. The highest BCUT2D eigenvalue weighted by atomic mass is 19.3. The second-order valence-corrected chi connectivity index (χ2v) is 6.21. The van der Waals surface area contributed by atoms with Crippen LogP contribution >= 0.6 is 0 Å². The molecule has 0 spiro atoms. The highest BCUT2D eigenvalue weighted by Crippen LogP contribution is 2.34. The fourth-order valence-electron chi connectivity index (χ4n) is 3.53. The van der Waals surface area contributed by atoms with E-state index >= 15 is 0 Å². The number of para-hydroxylation sites is 1. The SMILES string of the molecule is CC[C@@H](NC(=O)N[C@@H]1C[C@H]2CC[C@H]1O2)c1ccccc1OC(F)F. The van der Waals surface area contributed by atoms with Crippen LogP contribution in [-0.4, -0.2) is 30.9 Å². The summed E-state index contributed by atoms with van der Waals surface area (Å²) in [6.45, 7) is -1.02. The third-order valence-electron chi connectivity index (χ3n) is 4.65. The maximum absolute atomic E-state index is 12.6. The summed E-state index contributed by atoms with van der Waals surface area (Å²) in [5.41, 5.74) is 0.541. The van der Waals surface area contributed by atoms with Crippen LogP contribution in [0, 0.1) is 0 Å². The van der Waals surface area contributed by atoms with Crippen molar-refractivity contribution in [3.8, 4) is 5.75 Å². The van der Waals surface area contributed by atoms with Gasteiger partial charge in [-0.3, -0.25) is 0 Å². The van der Waals surface area contributed by atoms with Crippen LogP contribution in [0.2, 0.25) is 0 Å². The van der Waals surface area contributed by atoms with Crippen LogP contribution in [0.1, 0.15) is 44.2 Å². The third-order valence-corrected chi connectivity index (χ3v) is 4.65. The van der Waals surface area contributed by atoms with Crippen molar-refractivity contribution >= 4 is 6.03 Å². The molecule has 2 heterocycles. The Morgan fingerprint density at radius 3 is 2.79 bits per heavy atom. The first-order valence-electron chi connectivity index (χ1n) is 8.33. The van der Waals surface area contributed by atoms with E-state index < -0.39 is 12.7 Å². The molecule has 2 bridgehead atoms. The average Bonchev–Trinajstić information content (AvgIpc) is 3.15. The van der Waals surface area contributed by atoms with Gasteiger partial charge >= 0.3 is 12.6 Å². The van der Waals surface area contributed by atoms with E-state index in [4.69, 9.17) is 4.74 Å². The topological polar surface area (TPSA) is 59.6 Å². The van der Waals surface area contributed by atoms with Crippen molar-refractivity contribution in [1.29, 1.82) is 0 Å². The first kappa shape index (κ1) is 17.0. The van der Waals surface area contributed by atoms with Gasteiger partial charge in [-0.2, -0.15) is 8.78 Å². The Labute approximate surface area is 139 Å². The summed E-state index contributed by atoms with van der Waals surface area (Å²) in [4.78, 5) is 12.3. The molecular formula is C17H22F2N2O3. The monoisotopic (exact) mass is 340 g/mol. The lowest BCUT2D eigenvalue weighted by Crippen LogP contribution is -2.47. The minimum Gasteiger partial charge on any atom is -0.434 e. The van der Waals surface area contributed by atoms with E-state index in [2.05, 4.69) is 15.4 Å². The number of benzene rings is 1. The second kappa shape index (κ2) is 7.34. The fourth-order valence-corrected chi connectivity index (χ4v) is 3.53. The van der Waals surface area contributed by atoms with E-state index in [1.54, 1.807) is 18.2 Å². The second-order valence-electron chi connectivity index (χ2n) is 6.21. The van der Waals surface area contributed by atoms with Gasteiger partial charge in [0.2, 0.25) is 0 Å². The Morgan fingerprint density at radius 1 is 1.38 bits per heavy atom. The number of carbonyl (C=O) groups excluding carboxylic acids is 1. The Kier molecular flexibility index (Phi) is 5.18. The van der Waals surface area contributed by atoms with Gasteiger partial charge in [-0.25, -0.2) is 4.79 Å². The van der Waals surface area contributed by atoms with E-state index in [9.17, 15) is 13.6 Å². The van der Waals surface area contributed by atoms with E-state index in [1.165, 1.54) is 6.07 Å². The molecule has 1 aromatic rings. The highest BCUT2D eigenvalue weighted by molar-refractivity contribution is 5.75. The standard InChI is InChI=1S/C17H22F2N2O3/c1-2-12(11-5-3-4-6-14(11)24-16(18)19)20-17(22)21-13-9-10-7-8-15(13)23-10/h3-6,10,12-13,15-16H,2,7-9H2,1H3,(H2,20,21,22)/t10-,12-,13-,15-/m1/s1. The molecule has 24 heavy (non-hydrogen) atoms. The predicted octanol–water partition coefficient (Wildman–Crippen LogP) is 3.36. The molecule has 7 heteroatoms. The summed E-state index contributed by atoms with van der Waals surface area (Å²) < 4.78 is 35.4. The Balaban J connectivity index is 1.63. The maximum Gasteiger partial charge on any atom is 0.387 e. The lowest BCUT2D eigenvalue weighted by atomic mass is 9.96. The van der Waals surface area contributed by atoms with Crippen LogP contribution in [-0.2, 0) is 4.74 Å². The number of hydrogen-bond donors (Lipinski definition) is 2. The number of ether oxygens (including phenoxy) is 2. The number of alkyl halides is 2. The normalized spacial score (nSPS) is 26.4. The number of amides is 2. The van der Waals surface area contributed by atoms with Gasteiger partial charge in [0.15, 0.2) is 0 Å². The van der Waals surface area contributed by atoms with Crippen molar-refractivity contribution in [2.75, 3.05) is 0 Å². The average molecular weight is 340 g/mol. The van der Waals surface area contributed by atoms with Crippen LogP contribution < -0.4 is 15.4 Å². The van der Waals surface area contributed by atoms with Gasteiger partial charge < -0.3 is 20.1 Å². The molecule has 5 nitrogen and oxygen atoms in total. The molecule has 2 N–H and O–H groups in total. The zero-order valence-electron chi connectivity index (χ0n) is 13.5. The van der Waals surface area contributed by atoms with E-state index in [-0.39, 0.29) is 30.0 Å². The first-order valence-corrected chi connectivity index (χ1v) is 8.33. The molecule has 2 aliphatic heterocycles. The summed E-state index contributed by atoms with van der Waals surface area (Å²) in [6.07, 6.45) is 3.76. The molecule has 1 aromatic carbocycles. The molecule has 0 aliphatic carbocycles. The van der Waals surface area contributed by atoms with Crippen molar-refractivity contribution in [3.63, 3.8) is 0 Å². The molecule has 2 fully saturated rings. The molecule has 2 aliphatic rings. The summed E-state index contributed by atoms with van der Waals surface area (Å²) in [6, 6.07) is 5.84. The third kappa shape index (κ3) is 3.77. The molecule has 0 radical (unpaired) electrons. The van der Waals surface area contributed by atoms with Crippen LogP contribution in [0.3, 0.4) is 0 Å². The number of urea groups is 1. The van der Waals surface area contributed by atoms with Crippen molar-refractivity contribution in [2.24, 2.45) is 0 Å². The van der Waals surface area contributed by atoms with Gasteiger partial charge in [-0.15, -0.1) is 0 Å². The van der Waals surface area contributed by atoms with Crippen molar-refractivity contribution in [2.45, 2.75) is 63.5 Å². The van der Waals surface area contributed by atoms with E-state index in [0.29, 0.717) is 12.0 Å². The zero-order valence-corrected chi connectivity index (χ0v) is 13.5. The van der Waals surface area contributed by atoms with Gasteiger partial charge in [0.1, 0.15) is 5.75 Å². The number of hydrogen-bond acceptors (Lipinski definition) is 3. The quantitative estimate of drug-likeness (QED) is 0.835. The zero-order chi connectivity index (χ0) is 17.1. The summed E-state index contributed by atoms with van der Waals surface area (Å²) in [5.74, 6) is 0.0860. The highest BCUT2D eigenvalue weighted by Gasteiger charge is 2.41. The predicted molar refractivity (Wildman–Crippen MR) is 84.1 cm³/mol. The van der Waals surface area contributed by atoms with Gasteiger partial charge in [-0.05, 0) is 31.7 Å². The molecular weight excluding hydrogens is 318 g/mol. The lowest BCUT2D eigenvalue weighted by Gasteiger charge is -2.24. The molecule has 2 amide bonds. The Bertz CT molecular complexity index is 585. The minimum atomic E-state index is -2.90. The smallest absolute Gasteiger partial charge is 0.387 e. The van der Waals surface area contributed by atoms with Gasteiger partial charge in [0.05, 0.1) is 24.3 Å². The van der Waals surface area contributed by atoms with Gasteiger partial charge in [0.25, 0.3) is 0 Å². The van der Waals surface area contributed by atoms with Crippen molar-refractivity contribution in [1.82, 2.24) is 10.6 Å². The van der Waals surface area contributed by atoms with E-state index in [0.717, 1.165) is 19.3 Å². The Morgan fingerprint density at radius 2 is 2.17 bits per heavy atom. The largest absolute Gasteiger partial charge is 0.434 e. The molecule has 0 unspecified atom stereocenters. The van der Waals surface area contributed by atoms with Crippen LogP contribution in [0.5, 0.6) is 5.75 Å². The summed E-state index contributed by atoms with van der Waals surface area (Å²) in [7, 11) is 0. The van der Waals surface area contributed by atoms with Crippen LogP contribution in [0.25, 0.3) is 0 Å². The van der Waals surface area contributed by atoms with E-state index in [1.807, 2.05) is 6.92 Å². The molecule has 3 rings (SSSR count). The van der Waals surface area contributed by atoms with Gasteiger partial charge in [-0.1, -0.05) is 25.1 Å².